The van der Waals surface area contributed by atoms with Crippen LogP contribution in [0.15, 0.2) is 370 Å². The van der Waals surface area contributed by atoms with Gasteiger partial charge in [-0.2, -0.15) is 0 Å². The first-order valence-electron chi connectivity index (χ1n) is 33.4. The zero-order valence-electron chi connectivity index (χ0n) is 53.5. The number of aromatic nitrogens is 5. The van der Waals surface area contributed by atoms with Crippen LogP contribution in [-0.4, -0.2) is 24.1 Å². The van der Waals surface area contributed by atoms with Gasteiger partial charge in [0.05, 0.1) is 22.1 Å². The van der Waals surface area contributed by atoms with Crippen molar-refractivity contribution in [3.05, 3.63) is 370 Å². The van der Waals surface area contributed by atoms with Crippen LogP contribution in [0.25, 0.3) is 177 Å². The average Bonchev–Trinajstić information content (AvgIpc) is 1.40. The molecular weight excluding hydrogens is 1190 g/mol. The third kappa shape index (κ3) is 10.5. The van der Waals surface area contributed by atoms with E-state index in [1.165, 1.54) is 120 Å². The molecule has 0 saturated heterocycles. The standard InChI is InChI=1S/C48H32N2.C45H29N3/c1-3-12-33(13-4-1)35-22-26-39(27-23-35)49-45-20-9-7-18-41(45)43-31-37(24-28-47(43)49)38-25-29-48-44(32-38)42-19-8-10-21-46(42)50(48)40-17-11-16-36(30-40)34-14-5-2-6-15-34;1-3-13-30(14-4-1)43-46-44(31-15-5-2-6-16-31)48-45(47-43)36-20-12-19-34(28-36)32-17-11-18-33(27-32)35-25-26-41-39-23-8-7-21-37(39)38-22-9-10-24-40(38)42(41)29-35/h1-32H;1-29H. The minimum atomic E-state index is 0.648. The summed E-state index contributed by atoms with van der Waals surface area (Å²) < 4.78 is 4.80. The van der Waals surface area contributed by atoms with E-state index in [9.17, 15) is 0 Å². The highest BCUT2D eigenvalue weighted by molar-refractivity contribution is 6.26. The summed E-state index contributed by atoms with van der Waals surface area (Å²) in [7, 11) is 0. The molecule has 3 aromatic heterocycles. The molecule has 458 valence electrons. The van der Waals surface area contributed by atoms with Gasteiger partial charge in [-0.15, -0.1) is 0 Å². The first kappa shape index (κ1) is 57.6. The fourth-order valence-corrected chi connectivity index (χ4v) is 14.5. The number of hydrogen-bond acceptors (Lipinski definition) is 3. The Morgan fingerprint density at radius 2 is 0.429 bits per heavy atom. The lowest BCUT2D eigenvalue weighted by Crippen LogP contribution is -2.00. The van der Waals surface area contributed by atoms with Crippen molar-refractivity contribution in [3.8, 4) is 101 Å². The van der Waals surface area contributed by atoms with Crippen molar-refractivity contribution in [1.29, 1.82) is 0 Å². The predicted octanol–water partition coefficient (Wildman–Crippen LogP) is 24.5. The summed E-state index contributed by atoms with van der Waals surface area (Å²) in [6.45, 7) is 0. The maximum absolute atomic E-state index is 4.95. The van der Waals surface area contributed by atoms with Crippen LogP contribution in [0.5, 0.6) is 0 Å². The molecule has 0 amide bonds. The molecule has 3 heterocycles. The van der Waals surface area contributed by atoms with Gasteiger partial charge < -0.3 is 9.13 Å². The van der Waals surface area contributed by atoms with Gasteiger partial charge in [0, 0.05) is 49.6 Å². The normalized spacial score (nSPS) is 11.5. The van der Waals surface area contributed by atoms with Crippen molar-refractivity contribution >= 4 is 75.9 Å². The Bertz CT molecular complexity index is 6120. The molecular formula is C93H61N5. The Morgan fingerprint density at radius 1 is 0.143 bits per heavy atom. The van der Waals surface area contributed by atoms with Crippen LogP contribution in [0.2, 0.25) is 0 Å². The highest BCUT2D eigenvalue weighted by atomic mass is 15.0. The largest absolute Gasteiger partial charge is 0.309 e. The minimum absolute atomic E-state index is 0.648. The van der Waals surface area contributed by atoms with Gasteiger partial charge in [-0.25, -0.2) is 15.0 Å². The molecule has 0 radical (unpaired) electrons. The van der Waals surface area contributed by atoms with E-state index in [1.54, 1.807) is 0 Å². The third-order valence-corrected chi connectivity index (χ3v) is 19.2. The molecule has 19 aromatic rings. The van der Waals surface area contributed by atoms with Crippen molar-refractivity contribution in [2.75, 3.05) is 0 Å². The topological polar surface area (TPSA) is 48.5 Å². The molecule has 16 aromatic carbocycles. The molecule has 0 N–H and O–H groups in total. The molecule has 0 spiro atoms. The Hall–Kier alpha value is -13.1. The molecule has 0 bridgehead atoms. The number of para-hydroxylation sites is 2. The zero-order chi connectivity index (χ0) is 64.9. The van der Waals surface area contributed by atoms with E-state index in [-0.39, 0.29) is 0 Å². The van der Waals surface area contributed by atoms with Crippen LogP contribution in [0.3, 0.4) is 0 Å². The first-order chi connectivity index (χ1) is 48.6. The Balaban J connectivity index is 0.000000142. The second-order valence-electron chi connectivity index (χ2n) is 25.0. The molecule has 5 nitrogen and oxygen atoms in total. The molecule has 19 rings (SSSR count). The maximum atomic E-state index is 4.95. The summed E-state index contributed by atoms with van der Waals surface area (Å²) in [5.74, 6) is 1.96. The molecule has 0 fully saturated rings. The Labute approximate surface area is 567 Å². The van der Waals surface area contributed by atoms with Crippen LogP contribution in [0.4, 0.5) is 0 Å². The molecule has 0 aliphatic rings. The number of nitrogens with zero attached hydrogens (tertiary/aromatic N) is 5. The number of fused-ring (bicyclic) bond motifs is 12. The van der Waals surface area contributed by atoms with Crippen molar-refractivity contribution in [2.45, 2.75) is 0 Å². The first-order valence-corrected chi connectivity index (χ1v) is 33.4. The molecule has 0 atom stereocenters. The van der Waals surface area contributed by atoms with Gasteiger partial charge in [0.25, 0.3) is 0 Å². The van der Waals surface area contributed by atoms with Crippen molar-refractivity contribution in [2.24, 2.45) is 0 Å². The molecule has 0 saturated carbocycles. The van der Waals surface area contributed by atoms with Crippen LogP contribution in [0, 0.1) is 0 Å². The summed E-state index contributed by atoms with van der Waals surface area (Å²) in [4.78, 5) is 14.8. The summed E-state index contributed by atoms with van der Waals surface area (Å²) in [5.41, 5.74) is 21.9. The number of rotatable bonds is 10. The average molecular weight is 1250 g/mol. The van der Waals surface area contributed by atoms with Crippen LogP contribution in [-0.2, 0) is 0 Å². The number of benzene rings is 16. The lowest BCUT2D eigenvalue weighted by Gasteiger charge is -2.13. The highest BCUT2D eigenvalue weighted by Gasteiger charge is 2.19. The SMILES string of the molecule is c1ccc(-c2ccc(-n3c4ccccc4c4cc(-c5ccc6c(c5)c5ccccc5n6-c5cccc(-c6ccccc6)c5)ccc43)cc2)cc1.c1ccc(-c2nc(-c3ccccc3)nc(-c3cccc(-c4cccc(-c5ccc6c7ccccc7c7ccccc7c6c5)c4)c3)n2)cc1. The van der Waals surface area contributed by atoms with Crippen LogP contribution < -0.4 is 0 Å². The Morgan fingerprint density at radius 3 is 0.918 bits per heavy atom. The van der Waals surface area contributed by atoms with Gasteiger partial charge in [0.2, 0.25) is 0 Å². The van der Waals surface area contributed by atoms with E-state index >= 15 is 0 Å². The van der Waals surface area contributed by atoms with E-state index in [1.807, 2.05) is 60.7 Å². The maximum Gasteiger partial charge on any atom is 0.164 e. The third-order valence-electron chi connectivity index (χ3n) is 19.2. The van der Waals surface area contributed by atoms with Gasteiger partial charge in [0.15, 0.2) is 17.5 Å². The van der Waals surface area contributed by atoms with E-state index in [4.69, 9.17) is 15.0 Å². The lowest BCUT2D eigenvalue weighted by molar-refractivity contribution is 1.07. The summed E-state index contributed by atoms with van der Waals surface area (Å²) in [6, 6.07) is 132. The van der Waals surface area contributed by atoms with Crippen LogP contribution in [0.1, 0.15) is 0 Å². The van der Waals surface area contributed by atoms with Gasteiger partial charge >= 0.3 is 0 Å². The van der Waals surface area contributed by atoms with E-state index in [0.717, 1.165) is 39.2 Å². The van der Waals surface area contributed by atoms with Crippen molar-refractivity contribution in [3.63, 3.8) is 0 Å². The number of hydrogen-bond donors (Lipinski definition) is 0. The second-order valence-corrected chi connectivity index (χ2v) is 25.0. The minimum Gasteiger partial charge on any atom is -0.309 e. The van der Waals surface area contributed by atoms with E-state index in [0.29, 0.717) is 17.5 Å². The van der Waals surface area contributed by atoms with E-state index in [2.05, 4.69) is 319 Å². The van der Waals surface area contributed by atoms with Crippen LogP contribution >= 0.6 is 0 Å². The van der Waals surface area contributed by atoms with Crippen molar-refractivity contribution < 1.29 is 0 Å². The summed E-state index contributed by atoms with van der Waals surface area (Å²) in [6.07, 6.45) is 0. The fraction of sp³-hybridized carbons (Fsp3) is 0. The highest BCUT2D eigenvalue weighted by Crippen LogP contribution is 2.42. The smallest absolute Gasteiger partial charge is 0.164 e. The van der Waals surface area contributed by atoms with E-state index < -0.39 is 0 Å². The molecule has 0 aliphatic heterocycles. The molecule has 0 unspecified atom stereocenters. The van der Waals surface area contributed by atoms with Gasteiger partial charge in [-0.05, 0) is 167 Å². The fourth-order valence-electron chi connectivity index (χ4n) is 14.5. The zero-order valence-corrected chi connectivity index (χ0v) is 53.5. The predicted molar refractivity (Wildman–Crippen MR) is 411 cm³/mol. The van der Waals surface area contributed by atoms with Crippen molar-refractivity contribution in [1.82, 2.24) is 24.1 Å². The second kappa shape index (κ2) is 24.7. The Kier molecular flexibility index (Phi) is 14.5. The van der Waals surface area contributed by atoms with Gasteiger partial charge in [0.1, 0.15) is 0 Å². The summed E-state index contributed by atoms with van der Waals surface area (Å²) >= 11 is 0. The lowest BCUT2D eigenvalue weighted by atomic mass is 9.91. The quantitative estimate of drug-likeness (QED) is 0.128. The molecule has 98 heavy (non-hydrogen) atoms. The van der Waals surface area contributed by atoms with Gasteiger partial charge in [-0.1, -0.05) is 291 Å². The molecule has 0 aliphatic carbocycles. The summed E-state index contributed by atoms with van der Waals surface area (Å²) in [5, 5.41) is 12.7. The van der Waals surface area contributed by atoms with Gasteiger partial charge in [-0.3, -0.25) is 0 Å². The monoisotopic (exact) mass is 1250 g/mol. The molecule has 5 heteroatoms.